The van der Waals surface area contributed by atoms with E-state index in [-0.39, 0.29) is 6.61 Å². The van der Waals surface area contributed by atoms with Crippen LogP contribution in [0.3, 0.4) is 0 Å². The molecule has 0 N–H and O–H groups in total. The van der Waals surface area contributed by atoms with E-state index in [4.69, 9.17) is 9.47 Å². The first kappa shape index (κ1) is 17.7. The fourth-order valence-electron chi connectivity index (χ4n) is 2.72. The molecular formula is C18H22N2O4. The Bertz CT molecular complexity index is 754. The van der Waals surface area contributed by atoms with Crippen molar-refractivity contribution in [3.8, 4) is 0 Å². The van der Waals surface area contributed by atoms with E-state index >= 15 is 0 Å². The second-order valence-electron chi connectivity index (χ2n) is 5.11. The van der Waals surface area contributed by atoms with E-state index < -0.39 is 11.9 Å². The van der Waals surface area contributed by atoms with Gasteiger partial charge < -0.3 is 14.4 Å². The number of anilines is 1. The summed E-state index contributed by atoms with van der Waals surface area (Å²) in [5.41, 5.74) is 2.02. The van der Waals surface area contributed by atoms with E-state index in [0.29, 0.717) is 29.7 Å². The van der Waals surface area contributed by atoms with Gasteiger partial charge in [0.05, 0.1) is 30.5 Å². The maximum absolute atomic E-state index is 12.3. The summed E-state index contributed by atoms with van der Waals surface area (Å²) in [5.74, 6) is -0.875. The zero-order chi connectivity index (χ0) is 17.7. The van der Waals surface area contributed by atoms with Crippen molar-refractivity contribution >= 4 is 28.5 Å². The topological polar surface area (TPSA) is 68.7 Å². The van der Waals surface area contributed by atoms with Crippen LogP contribution in [0.2, 0.25) is 0 Å². The van der Waals surface area contributed by atoms with Crippen LogP contribution >= 0.6 is 0 Å². The lowest BCUT2D eigenvalue weighted by molar-refractivity contribution is 0.0526. The number of aromatic nitrogens is 1. The van der Waals surface area contributed by atoms with Gasteiger partial charge in [-0.05, 0) is 26.8 Å². The summed E-state index contributed by atoms with van der Waals surface area (Å²) in [6, 6.07) is 5.28. The number of hydrogen-bond acceptors (Lipinski definition) is 6. The van der Waals surface area contributed by atoms with Gasteiger partial charge in [0.15, 0.2) is 0 Å². The van der Waals surface area contributed by atoms with Crippen molar-refractivity contribution in [1.29, 1.82) is 0 Å². The minimum atomic E-state index is -0.456. The van der Waals surface area contributed by atoms with Crippen LogP contribution in [-0.4, -0.2) is 43.7 Å². The van der Waals surface area contributed by atoms with Gasteiger partial charge in [-0.25, -0.2) is 9.59 Å². The second-order valence-corrected chi connectivity index (χ2v) is 5.11. The molecule has 0 spiro atoms. The normalized spacial score (nSPS) is 10.5. The Labute approximate surface area is 141 Å². The molecule has 0 amide bonds. The first-order valence-electron chi connectivity index (χ1n) is 8.01. The van der Waals surface area contributed by atoms with Gasteiger partial charge in [-0.3, -0.25) is 4.98 Å². The monoisotopic (exact) mass is 330 g/mol. The standard InChI is InChI=1S/C18H22N2O4/c1-5-20(6-2)16-12-9-8-10-13(17(21)23-4)15(12)19-11-14(16)18(22)24-7-3/h8-11H,5-7H2,1-4H3. The number of carbonyl (C=O) groups excluding carboxylic acids is 2. The van der Waals surface area contributed by atoms with Gasteiger partial charge in [0.25, 0.3) is 0 Å². The van der Waals surface area contributed by atoms with Crippen molar-refractivity contribution in [2.75, 3.05) is 31.7 Å². The minimum absolute atomic E-state index is 0.288. The number of ether oxygens (including phenoxy) is 2. The molecule has 1 aromatic heterocycles. The Morgan fingerprint density at radius 3 is 2.38 bits per heavy atom. The third-order valence-electron chi connectivity index (χ3n) is 3.85. The van der Waals surface area contributed by atoms with Crippen LogP contribution in [-0.2, 0) is 9.47 Å². The van der Waals surface area contributed by atoms with Gasteiger partial charge in [0, 0.05) is 24.7 Å². The van der Waals surface area contributed by atoms with Crippen molar-refractivity contribution in [2.45, 2.75) is 20.8 Å². The lowest BCUT2D eigenvalue weighted by Crippen LogP contribution is -2.25. The number of nitrogens with zero attached hydrogens (tertiary/aromatic N) is 2. The lowest BCUT2D eigenvalue weighted by Gasteiger charge is -2.25. The quantitative estimate of drug-likeness (QED) is 0.758. The van der Waals surface area contributed by atoms with Crippen LogP contribution < -0.4 is 4.90 Å². The van der Waals surface area contributed by atoms with E-state index in [2.05, 4.69) is 9.88 Å². The molecule has 2 rings (SSSR count). The summed E-state index contributed by atoms with van der Waals surface area (Å²) >= 11 is 0. The number of para-hydroxylation sites is 1. The van der Waals surface area contributed by atoms with Crippen molar-refractivity contribution in [3.63, 3.8) is 0 Å². The van der Waals surface area contributed by atoms with Crippen molar-refractivity contribution in [2.24, 2.45) is 0 Å². The molecule has 0 saturated heterocycles. The van der Waals surface area contributed by atoms with Gasteiger partial charge in [-0.2, -0.15) is 0 Å². The van der Waals surface area contributed by atoms with Crippen molar-refractivity contribution in [3.05, 3.63) is 35.5 Å². The summed E-state index contributed by atoms with van der Waals surface area (Å²) in [6.45, 7) is 7.49. The van der Waals surface area contributed by atoms with Crippen LogP contribution in [0.1, 0.15) is 41.5 Å². The predicted molar refractivity (Wildman–Crippen MR) is 92.6 cm³/mol. The third-order valence-corrected chi connectivity index (χ3v) is 3.85. The van der Waals surface area contributed by atoms with Crippen LogP contribution in [0.5, 0.6) is 0 Å². The summed E-state index contributed by atoms with van der Waals surface area (Å²) in [5, 5.41) is 0.729. The number of fused-ring (bicyclic) bond motifs is 1. The molecule has 0 aliphatic heterocycles. The van der Waals surface area contributed by atoms with E-state index in [1.807, 2.05) is 19.9 Å². The summed E-state index contributed by atoms with van der Waals surface area (Å²) in [6.07, 6.45) is 1.47. The smallest absolute Gasteiger partial charge is 0.341 e. The molecule has 128 valence electrons. The average molecular weight is 330 g/mol. The van der Waals surface area contributed by atoms with Crippen LogP contribution in [0, 0.1) is 0 Å². The molecule has 1 heterocycles. The molecule has 1 aromatic carbocycles. The number of pyridine rings is 1. The van der Waals surface area contributed by atoms with E-state index in [1.165, 1.54) is 13.3 Å². The molecule has 0 aliphatic carbocycles. The predicted octanol–water partition coefficient (Wildman–Crippen LogP) is 3.04. The summed E-state index contributed by atoms with van der Waals surface area (Å²) < 4.78 is 9.99. The molecule has 6 nitrogen and oxygen atoms in total. The lowest BCUT2D eigenvalue weighted by atomic mass is 10.0. The van der Waals surface area contributed by atoms with Gasteiger partial charge >= 0.3 is 11.9 Å². The SMILES string of the molecule is CCOC(=O)c1cnc2c(C(=O)OC)cccc2c1N(CC)CC. The molecule has 0 unspecified atom stereocenters. The summed E-state index contributed by atoms with van der Waals surface area (Å²) in [4.78, 5) is 30.7. The number of benzene rings is 1. The van der Waals surface area contributed by atoms with E-state index in [0.717, 1.165) is 11.1 Å². The van der Waals surface area contributed by atoms with Crippen LogP contribution in [0.25, 0.3) is 10.9 Å². The third kappa shape index (κ3) is 3.18. The van der Waals surface area contributed by atoms with Gasteiger partial charge in [-0.15, -0.1) is 0 Å². The number of rotatable bonds is 6. The maximum Gasteiger partial charge on any atom is 0.341 e. The zero-order valence-electron chi connectivity index (χ0n) is 14.5. The van der Waals surface area contributed by atoms with Crippen LogP contribution in [0.15, 0.2) is 24.4 Å². The Morgan fingerprint density at radius 2 is 1.79 bits per heavy atom. The Hall–Kier alpha value is -2.63. The molecule has 0 fully saturated rings. The Balaban J connectivity index is 2.79. The molecule has 0 radical (unpaired) electrons. The molecule has 24 heavy (non-hydrogen) atoms. The van der Waals surface area contributed by atoms with E-state index in [1.54, 1.807) is 19.1 Å². The highest BCUT2D eigenvalue weighted by molar-refractivity contribution is 6.10. The minimum Gasteiger partial charge on any atom is -0.465 e. The fraction of sp³-hybridized carbons (Fsp3) is 0.389. The average Bonchev–Trinajstić information content (AvgIpc) is 2.61. The van der Waals surface area contributed by atoms with Gasteiger partial charge in [0.2, 0.25) is 0 Å². The number of methoxy groups -OCH3 is 1. The molecule has 6 heteroatoms. The molecular weight excluding hydrogens is 308 g/mol. The summed E-state index contributed by atoms with van der Waals surface area (Å²) in [7, 11) is 1.33. The van der Waals surface area contributed by atoms with Crippen molar-refractivity contribution < 1.29 is 19.1 Å². The highest BCUT2D eigenvalue weighted by Gasteiger charge is 2.22. The molecule has 0 atom stereocenters. The molecule has 0 bridgehead atoms. The van der Waals surface area contributed by atoms with Crippen LogP contribution in [0.4, 0.5) is 5.69 Å². The van der Waals surface area contributed by atoms with E-state index in [9.17, 15) is 9.59 Å². The maximum atomic E-state index is 12.3. The number of hydrogen-bond donors (Lipinski definition) is 0. The fourth-order valence-corrected chi connectivity index (χ4v) is 2.72. The Morgan fingerprint density at radius 1 is 1.08 bits per heavy atom. The molecule has 0 saturated carbocycles. The first-order chi connectivity index (χ1) is 11.6. The molecule has 2 aromatic rings. The van der Waals surface area contributed by atoms with Gasteiger partial charge in [-0.1, -0.05) is 12.1 Å². The second kappa shape index (κ2) is 7.77. The molecule has 0 aliphatic rings. The highest BCUT2D eigenvalue weighted by Crippen LogP contribution is 2.32. The number of carbonyl (C=O) groups is 2. The first-order valence-corrected chi connectivity index (χ1v) is 8.01. The van der Waals surface area contributed by atoms with Crippen molar-refractivity contribution in [1.82, 2.24) is 4.98 Å². The zero-order valence-corrected chi connectivity index (χ0v) is 14.5. The number of esters is 2. The largest absolute Gasteiger partial charge is 0.465 e. The Kier molecular flexibility index (Phi) is 5.73. The highest BCUT2D eigenvalue weighted by atomic mass is 16.5. The van der Waals surface area contributed by atoms with Gasteiger partial charge in [0.1, 0.15) is 5.56 Å².